The Hall–Kier alpha value is -0.860. The van der Waals surface area contributed by atoms with Gasteiger partial charge in [-0.1, -0.05) is 50.1 Å². The molecule has 1 fully saturated rings. The molecular formula is C17H28N2. The molecule has 0 spiro atoms. The largest absolute Gasteiger partial charge is 0.315 e. The molecule has 0 aromatic heterocycles. The van der Waals surface area contributed by atoms with Crippen LogP contribution in [0.5, 0.6) is 0 Å². The van der Waals surface area contributed by atoms with Crippen LogP contribution < -0.4 is 5.32 Å². The van der Waals surface area contributed by atoms with Crippen LogP contribution in [0.1, 0.15) is 38.2 Å². The number of hydrogen-bond acceptors (Lipinski definition) is 2. The van der Waals surface area contributed by atoms with E-state index in [0.29, 0.717) is 6.04 Å². The van der Waals surface area contributed by atoms with E-state index >= 15 is 0 Å². The Morgan fingerprint density at radius 3 is 2.84 bits per heavy atom. The topological polar surface area (TPSA) is 15.3 Å². The number of benzene rings is 1. The molecule has 2 heteroatoms. The lowest BCUT2D eigenvalue weighted by molar-refractivity contribution is 0.203. The van der Waals surface area contributed by atoms with E-state index in [0.717, 1.165) is 6.54 Å². The van der Waals surface area contributed by atoms with E-state index in [1.165, 1.54) is 57.3 Å². The minimum Gasteiger partial charge on any atom is -0.315 e. The average Bonchev–Trinajstić information content (AvgIpc) is 2.66. The number of rotatable bonds is 6. The number of nitrogens with one attached hydrogen (secondary N) is 1. The molecule has 1 aliphatic heterocycles. The summed E-state index contributed by atoms with van der Waals surface area (Å²) in [6.45, 7) is 7.13. The van der Waals surface area contributed by atoms with E-state index in [4.69, 9.17) is 0 Å². The van der Waals surface area contributed by atoms with E-state index in [1.54, 1.807) is 0 Å². The first-order chi connectivity index (χ1) is 9.40. The van der Waals surface area contributed by atoms with Crippen LogP contribution in [-0.4, -0.2) is 37.1 Å². The van der Waals surface area contributed by atoms with Crippen molar-refractivity contribution in [3.63, 3.8) is 0 Å². The standard InChI is InChI=1S/C17H28N2/c1-2-3-7-12-19-13-8-11-18-15-17(19)14-16-9-5-4-6-10-16/h4-6,9-10,17-18H,2-3,7-8,11-15H2,1H3. The third kappa shape index (κ3) is 4.96. The highest BCUT2D eigenvalue weighted by Crippen LogP contribution is 2.12. The van der Waals surface area contributed by atoms with Gasteiger partial charge in [-0.25, -0.2) is 0 Å². The molecule has 1 aromatic rings. The molecule has 0 amide bonds. The van der Waals surface area contributed by atoms with Gasteiger partial charge in [0.2, 0.25) is 0 Å². The van der Waals surface area contributed by atoms with E-state index < -0.39 is 0 Å². The predicted molar refractivity (Wildman–Crippen MR) is 82.5 cm³/mol. The summed E-state index contributed by atoms with van der Waals surface area (Å²) < 4.78 is 0. The van der Waals surface area contributed by atoms with Crippen LogP contribution in [0.3, 0.4) is 0 Å². The van der Waals surface area contributed by atoms with Gasteiger partial charge in [-0.15, -0.1) is 0 Å². The molecule has 2 nitrogen and oxygen atoms in total. The lowest BCUT2D eigenvalue weighted by Gasteiger charge is -2.29. The Morgan fingerprint density at radius 1 is 1.21 bits per heavy atom. The number of unbranched alkanes of at least 4 members (excludes halogenated alkanes) is 2. The van der Waals surface area contributed by atoms with Gasteiger partial charge in [0.25, 0.3) is 0 Å². The summed E-state index contributed by atoms with van der Waals surface area (Å²) in [4.78, 5) is 2.71. The minimum atomic E-state index is 0.668. The molecule has 1 aliphatic rings. The Kier molecular flexibility index (Phi) is 6.38. The molecule has 0 saturated carbocycles. The fraction of sp³-hybridized carbons (Fsp3) is 0.647. The van der Waals surface area contributed by atoms with Crippen molar-refractivity contribution in [3.05, 3.63) is 35.9 Å². The minimum absolute atomic E-state index is 0.668. The van der Waals surface area contributed by atoms with Gasteiger partial charge in [0.1, 0.15) is 0 Å². The van der Waals surface area contributed by atoms with E-state index in [1.807, 2.05) is 0 Å². The molecule has 1 atom stereocenters. The maximum atomic E-state index is 3.60. The van der Waals surface area contributed by atoms with Crippen LogP contribution in [0.2, 0.25) is 0 Å². The average molecular weight is 260 g/mol. The van der Waals surface area contributed by atoms with Crippen LogP contribution in [0.4, 0.5) is 0 Å². The number of nitrogens with zero attached hydrogens (tertiary/aromatic N) is 1. The first kappa shape index (κ1) is 14.5. The summed E-state index contributed by atoms with van der Waals surface area (Å²) in [6.07, 6.45) is 6.50. The monoisotopic (exact) mass is 260 g/mol. The molecule has 1 aromatic carbocycles. The molecule has 2 rings (SSSR count). The van der Waals surface area contributed by atoms with Gasteiger partial charge in [0.05, 0.1) is 0 Å². The van der Waals surface area contributed by atoms with Crippen LogP contribution in [0.25, 0.3) is 0 Å². The van der Waals surface area contributed by atoms with Crippen LogP contribution in [0, 0.1) is 0 Å². The van der Waals surface area contributed by atoms with E-state index in [-0.39, 0.29) is 0 Å². The summed E-state index contributed by atoms with van der Waals surface area (Å²) >= 11 is 0. The molecule has 1 saturated heterocycles. The molecule has 0 bridgehead atoms. The van der Waals surface area contributed by atoms with Crippen LogP contribution in [-0.2, 0) is 6.42 Å². The fourth-order valence-corrected chi connectivity index (χ4v) is 2.93. The number of hydrogen-bond donors (Lipinski definition) is 1. The van der Waals surface area contributed by atoms with Crippen LogP contribution in [0.15, 0.2) is 30.3 Å². The summed E-state index contributed by atoms with van der Waals surface area (Å²) in [7, 11) is 0. The van der Waals surface area contributed by atoms with Crippen molar-refractivity contribution in [2.45, 2.75) is 45.1 Å². The van der Waals surface area contributed by atoms with Gasteiger partial charge < -0.3 is 5.32 Å². The molecule has 106 valence electrons. The Morgan fingerprint density at radius 2 is 2.05 bits per heavy atom. The Balaban J connectivity index is 1.92. The summed E-state index contributed by atoms with van der Waals surface area (Å²) in [5, 5.41) is 3.60. The third-order valence-electron chi connectivity index (χ3n) is 4.06. The Labute approximate surface area is 118 Å². The van der Waals surface area contributed by atoms with Gasteiger partial charge in [-0.3, -0.25) is 4.90 Å². The molecule has 19 heavy (non-hydrogen) atoms. The zero-order chi connectivity index (χ0) is 13.3. The second kappa shape index (κ2) is 8.34. The lowest BCUT2D eigenvalue weighted by Crippen LogP contribution is -2.41. The van der Waals surface area contributed by atoms with Gasteiger partial charge in [0.15, 0.2) is 0 Å². The summed E-state index contributed by atoms with van der Waals surface area (Å²) in [5.41, 5.74) is 1.47. The zero-order valence-corrected chi connectivity index (χ0v) is 12.3. The highest BCUT2D eigenvalue weighted by Gasteiger charge is 2.20. The predicted octanol–water partition coefficient (Wildman–Crippen LogP) is 3.08. The van der Waals surface area contributed by atoms with Crippen molar-refractivity contribution < 1.29 is 0 Å². The second-order valence-electron chi connectivity index (χ2n) is 5.64. The van der Waals surface area contributed by atoms with Crippen molar-refractivity contribution in [2.75, 3.05) is 26.2 Å². The van der Waals surface area contributed by atoms with E-state index in [2.05, 4.69) is 47.5 Å². The molecule has 0 aliphatic carbocycles. The highest BCUT2D eigenvalue weighted by atomic mass is 15.2. The van der Waals surface area contributed by atoms with Crippen molar-refractivity contribution in [1.82, 2.24) is 10.2 Å². The Bertz CT molecular complexity index is 336. The quantitative estimate of drug-likeness (QED) is 0.791. The third-order valence-corrected chi connectivity index (χ3v) is 4.06. The summed E-state index contributed by atoms with van der Waals surface area (Å²) in [6, 6.07) is 11.6. The molecule has 1 unspecified atom stereocenters. The van der Waals surface area contributed by atoms with E-state index in [9.17, 15) is 0 Å². The van der Waals surface area contributed by atoms with Crippen molar-refractivity contribution >= 4 is 0 Å². The highest BCUT2D eigenvalue weighted by molar-refractivity contribution is 5.16. The maximum absolute atomic E-state index is 3.60. The van der Waals surface area contributed by atoms with Crippen molar-refractivity contribution in [1.29, 1.82) is 0 Å². The summed E-state index contributed by atoms with van der Waals surface area (Å²) in [5.74, 6) is 0. The zero-order valence-electron chi connectivity index (χ0n) is 12.3. The molecule has 1 N–H and O–H groups in total. The fourth-order valence-electron chi connectivity index (χ4n) is 2.93. The SMILES string of the molecule is CCCCCN1CCCNCC1Cc1ccccc1. The lowest BCUT2D eigenvalue weighted by atomic mass is 10.0. The molecular weight excluding hydrogens is 232 g/mol. The second-order valence-corrected chi connectivity index (χ2v) is 5.64. The van der Waals surface area contributed by atoms with Gasteiger partial charge in [-0.2, -0.15) is 0 Å². The van der Waals surface area contributed by atoms with Gasteiger partial charge >= 0.3 is 0 Å². The maximum Gasteiger partial charge on any atom is 0.0260 e. The van der Waals surface area contributed by atoms with Crippen molar-refractivity contribution in [3.8, 4) is 0 Å². The van der Waals surface area contributed by atoms with Crippen LogP contribution >= 0.6 is 0 Å². The smallest absolute Gasteiger partial charge is 0.0260 e. The molecule has 0 radical (unpaired) electrons. The first-order valence-corrected chi connectivity index (χ1v) is 7.89. The normalized spacial score (nSPS) is 21.2. The van der Waals surface area contributed by atoms with Gasteiger partial charge in [-0.05, 0) is 44.5 Å². The first-order valence-electron chi connectivity index (χ1n) is 7.89. The van der Waals surface area contributed by atoms with Gasteiger partial charge in [0, 0.05) is 12.6 Å². The molecule has 1 heterocycles. The van der Waals surface area contributed by atoms with Crippen molar-refractivity contribution in [2.24, 2.45) is 0 Å².